The molecule has 1 heterocycles. The molecule has 0 aliphatic heterocycles. The molecule has 0 bridgehead atoms. The van der Waals surface area contributed by atoms with Crippen molar-refractivity contribution in [1.82, 2.24) is 10.1 Å². The van der Waals surface area contributed by atoms with Gasteiger partial charge in [0.2, 0.25) is 5.89 Å². The minimum atomic E-state index is -4.29. The number of alkyl halides is 3. The van der Waals surface area contributed by atoms with Crippen LogP contribution >= 0.6 is 11.8 Å². The van der Waals surface area contributed by atoms with Gasteiger partial charge < -0.3 is 4.52 Å². The third-order valence-electron chi connectivity index (χ3n) is 2.09. The maximum Gasteiger partial charge on any atom is 0.396 e. The van der Waals surface area contributed by atoms with Gasteiger partial charge in [-0.15, -0.1) is 0 Å². The Kier molecular flexibility index (Phi) is 5.27. The predicted octanol–water partition coefficient (Wildman–Crippen LogP) is 3.75. The Labute approximate surface area is 110 Å². The largest absolute Gasteiger partial charge is 0.396 e. The van der Waals surface area contributed by atoms with E-state index < -0.39 is 20.7 Å². The minimum Gasteiger partial charge on any atom is -0.338 e. The zero-order chi connectivity index (χ0) is 13.8. The molecule has 0 atom stereocenters. The first-order chi connectivity index (χ1) is 8.16. The Hall–Kier alpha value is -0.503. The molecular weight excluding hydrogens is 281 g/mol. The van der Waals surface area contributed by atoms with Crippen molar-refractivity contribution < 1.29 is 17.7 Å². The van der Waals surface area contributed by atoms with Crippen LogP contribution in [-0.2, 0) is 12.2 Å². The average Bonchev–Trinajstić information content (AvgIpc) is 2.56. The second-order valence-electron chi connectivity index (χ2n) is 5.26. The number of halogens is 3. The van der Waals surface area contributed by atoms with Crippen molar-refractivity contribution in [2.45, 2.75) is 44.0 Å². The molecule has 0 aliphatic rings. The second kappa shape index (κ2) is 6.09. The Morgan fingerprint density at radius 1 is 1.28 bits per heavy atom. The summed E-state index contributed by atoms with van der Waals surface area (Å²) in [6.07, 6.45) is -5.41. The van der Waals surface area contributed by atoms with Gasteiger partial charge in [-0.2, -0.15) is 29.9 Å². The summed E-state index contributed by atoms with van der Waals surface area (Å²) in [5.74, 6) is 1.44. The van der Waals surface area contributed by atoms with E-state index in [1.165, 1.54) is 6.04 Å². The number of hydrogen-bond donors (Lipinski definition) is 0. The van der Waals surface area contributed by atoms with Gasteiger partial charge in [0.15, 0.2) is 5.82 Å². The molecule has 0 unspecified atom stereocenters. The van der Waals surface area contributed by atoms with Crippen LogP contribution in [0.15, 0.2) is 4.52 Å². The quantitative estimate of drug-likeness (QED) is 0.592. The van der Waals surface area contributed by atoms with Gasteiger partial charge in [-0.25, -0.2) is 0 Å². The van der Waals surface area contributed by atoms with Gasteiger partial charge in [0, 0.05) is 8.07 Å². The lowest BCUT2D eigenvalue weighted by molar-refractivity contribution is -0.128. The molecule has 3 nitrogen and oxygen atoms in total. The number of rotatable bonds is 6. The lowest BCUT2D eigenvalue weighted by Gasteiger charge is -2.14. The molecule has 1 rings (SSSR count). The topological polar surface area (TPSA) is 38.9 Å². The van der Waals surface area contributed by atoms with Gasteiger partial charge >= 0.3 is 6.18 Å². The smallest absolute Gasteiger partial charge is 0.338 e. The Morgan fingerprint density at radius 3 is 2.50 bits per heavy atom. The number of aromatic nitrogens is 2. The van der Waals surface area contributed by atoms with Crippen LogP contribution in [0.5, 0.6) is 0 Å². The van der Waals surface area contributed by atoms with E-state index >= 15 is 0 Å². The van der Waals surface area contributed by atoms with Crippen molar-refractivity contribution in [3.8, 4) is 0 Å². The SMILES string of the molecule is C[Si](C)(C)CCSCc1nc(CC(F)(F)F)no1. The molecule has 1 aromatic rings. The van der Waals surface area contributed by atoms with Crippen molar-refractivity contribution in [3.63, 3.8) is 0 Å². The third-order valence-corrected chi connectivity index (χ3v) is 5.15. The normalized spacial score (nSPS) is 13.0. The molecule has 0 saturated heterocycles. The highest BCUT2D eigenvalue weighted by Crippen LogP contribution is 2.21. The molecule has 0 amide bonds. The van der Waals surface area contributed by atoms with Gasteiger partial charge in [0.05, 0.1) is 5.75 Å². The molecule has 0 aromatic carbocycles. The van der Waals surface area contributed by atoms with E-state index in [1.807, 2.05) is 0 Å². The maximum atomic E-state index is 12.1. The molecule has 1 aromatic heterocycles. The van der Waals surface area contributed by atoms with Crippen molar-refractivity contribution in [2.24, 2.45) is 0 Å². The molecular formula is C10H17F3N2OSSi. The van der Waals surface area contributed by atoms with E-state index in [0.717, 1.165) is 5.75 Å². The fourth-order valence-corrected chi connectivity index (χ4v) is 4.60. The number of nitrogens with zero attached hydrogens (tertiary/aromatic N) is 2. The van der Waals surface area contributed by atoms with E-state index in [4.69, 9.17) is 4.52 Å². The van der Waals surface area contributed by atoms with Crippen LogP contribution < -0.4 is 0 Å². The van der Waals surface area contributed by atoms with E-state index in [0.29, 0.717) is 5.75 Å². The fourth-order valence-electron chi connectivity index (χ4n) is 1.14. The van der Waals surface area contributed by atoms with E-state index in [1.54, 1.807) is 11.8 Å². The third kappa shape index (κ3) is 7.05. The summed E-state index contributed by atoms with van der Waals surface area (Å²) in [4.78, 5) is 3.72. The van der Waals surface area contributed by atoms with Gasteiger partial charge in [-0.1, -0.05) is 24.8 Å². The monoisotopic (exact) mass is 298 g/mol. The predicted molar refractivity (Wildman–Crippen MR) is 68.4 cm³/mol. The van der Waals surface area contributed by atoms with E-state index in [-0.39, 0.29) is 11.7 Å². The minimum absolute atomic E-state index is 0.273. The van der Waals surface area contributed by atoms with Crippen LogP contribution in [0.25, 0.3) is 0 Å². The second-order valence-corrected chi connectivity index (χ2v) is 12.0. The van der Waals surface area contributed by atoms with Crippen molar-refractivity contribution in [1.29, 1.82) is 0 Å². The molecule has 0 radical (unpaired) electrons. The van der Waals surface area contributed by atoms with E-state index in [2.05, 4.69) is 29.8 Å². The van der Waals surface area contributed by atoms with Crippen LogP contribution in [0.3, 0.4) is 0 Å². The highest BCUT2D eigenvalue weighted by molar-refractivity contribution is 7.98. The van der Waals surface area contributed by atoms with Crippen LogP contribution in [0.1, 0.15) is 11.7 Å². The number of thioether (sulfide) groups is 1. The van der Waals surface area contributed by atoms with Crippen LogP contribution in [0.2, 0.25) is 25.7 Å². The molecule has 18 heavy (non-hydrogen) atoms. The van der Waals surface area contributed by atoms with Gasteiger partial charge in [0.25, 0.3) is 0 Å². The summed E-state index contributed by atoms with van der Waals surface area (Å²) in [5, 5.41) is 3.32. The zero-order valence-corrected chi connectivity index (χ0v) is 12.5. The molecule has 104 valence electrons. The first kappa shape index (κ1) is 15.6. The molecule has 0 N–H and O–H groups in total. The average molecular weight is 298 g/mol. The van der Waals surface area contributed by atoms with Crippen molar-refractivity contribution >= 4 is 19.8 Å². The highest BCUT2D eigenvalue weighted by Gasteiger charge is 2.30. The van der Waals surface area contributed by atoms with Crippen molar-refractivity contribution in [3.05, 3.63) is 11.7 Å². The Bertz CT molecular complexity index is 376. The summed E-state index contributed by atoms with van der Waals surface area (Å²) in [7, 11) is -1.06. The first-order valence-electron chi connectivity index (χ1n) is 5.62. The van der Waals surface area contributed by atoms with Gasteiger partial charge in [-0.05, 0) is 11.8 Å². The highest BCUT2D eigenvalue weighted by atomic mass is 32.2. The van der Waals surface area contributed by atoms with Crippen LogP contribution in [0, 0.1) is 0 Å². The lowest BCUT2D eigenvalue weighted by Crippen LogP contribution is -2.19. The zero-order valence-electron chi connectivity index (χ0n) is 10.7. The number of hydrogen-bond acceptors (Lipinski definition) is 4. The van der Waals surface area contributed by atoms with Gasteiger partial charge in [-0.3, -0.25) is 0 Å². The summed E-state index contributed by atoms with van der Waals surface area (Å²) < 4.78 is 41.0. The Morgan fingerprint density at radius 2 is 1.94 bits per heavy atom. The molecule has 0 spiro atoms. The summed E-state index contributed by atoms with van der Waals surface area (Å²) >= 11 is 1.62. The molecule has 0 aliphatic carbocycles. The Balaban J connectivity index is 2.32. The maximum absolute atomic E-state index is 12.1. The lowest BCUT2D eigenvalue weighted by atomic mass is 10.4. The standard InChI is InChI=1S/C10H17F3N2OSSi/c1-18(2,3)5-4-17-7-9-14-8(15-16-9)6-10(11,12)13/h4-7H2,1-3H3. The van der Waals surface area contributed by atoms with E-state index in [9.17, 15) is 13.2 Å². The molecule has 0 saturated carbocycles. The summed E-state index contributed by atoms with van der Waals surface area (Å²) in [6, 6.07) is 1.17. The van der Waals surface area contributed by atoms with Crippen molar-refractivity contribution in [2.75, 3.05) is 5.75 Å². The first-order valence-corrected chi connectivity index (χ1v) is 10.5. The van der Waals surface area contributed by atoms with Crippen LogP contribution in [-0.4, -0.2) is 30.1 Å². The molecule has 8 heteroatoms. The van der Waals surface area contributed by atoms with Crippen LogP contribution in [0.4, 0.5) is 13.2 Å². The fraction of sp³-hybridized carbons (Fsp3) is 0.800. The summed E-state index contributed by atoms with van der Waals surface area (Å²) in [6.45, 7) is 6.84. The summed E-state index contributed by atoms with van der Waals surface area (Å²) in [5.41, 5.74) is 0. The van der Waals surface area contributed by atoms with Gasteiger partial charge in [0.1, 0.15) is 6.42 Å². The molecule has 0 fully saturated rings.